The summed E-state index contributed by atoms with van der Waals surface area (Å²) in [5.74, 6) is 2.71. The number of aromatic nitrogens is 1. The second kappa shape index (κ2) is 12.3. The molecule has 0 bridgehead atoms. The first kappa shape index (κ1) is 27.4. The third-order valence-corrected chi connectivity index (χ3v) is 7.75. The summed E-state index contributed by atoms with van der Waals surface area (Å²) in [7, 11) is 6.54. The Balaban J connectivity index is 1.33. The predicted octanol–water partition coefficient (Wildman–Crippen LogP) is 5.56. The maximum absolute atomic E-state index is 14.1. The maximum atomic E-state index is 14.1. The fourth-order valence-electron chi connectivity index (χ4n) is 5.52. The van der Waals surface area contributed by atoms with Crippen molar-refractivity contribution in [2.45, 2.75) is 25.3 Å². The van der Waals surface area contributed by atoms with Gasteiger partial charge < -0.3 is 33.7 Å². The van der Waals surface area contributed by atoms with E-state index in [0.717, 1.165) is 67.0 Å². The third-order valence-electron chi connectivity index (χ3n) is 7.75. The Kier molecular flexibility index (Phi) is 8.45. The average Bonchev–Trinajstić information content (AvgIpc) is 3.48. The molecular formula is C32H37N3O5. The molecule has 0 radical (unpaired) electrons. The van der Waals surface area contributed by atoms with Crippen LogP contribution in [-0.2, 0) is 6.42 Å². The van der Waals surface area contributed by atoms with E-state index in [1.54, 1.807) is 28.4 Å². The molecule has 1 saturated heterocycles. The van der Waals surface area contributed by atoms with Crippen molar-refractivity contribution in [2.24, 2.45) is 0 Å². The Morgan fingerprint density at radius 2 is 1.50 bits per heavy atom. The lowest BCUT2D eigenvalue weighted by molar-refractivity contribution is 0.0960. The fraction of sp³-hybridized carbons (Fsp3) is 0.344. The summed E-state index contributed by atoms with van der Waals surface area (Å²) in [6, 6.07) is 19.7. The van der Waals surface area contributed by atoms with Crippen molar-refractivity contribution in [1.29, 1.82) is 0 Å². The number of H-pyrrole nitrogens is 1. The van der Waals surface area contributed by atoms with Gasteiger partial charge in [0.15, 0.2) is 23.0 Å². The molecule has 1 amide bonds. The molecule has 1 aliphatic heterocycles. The monoisotopic (exact) mass is 543 g/mol. The van der Waals surface area contributed by atoms with Gasteiger partial charge in [0.1, 0.15) is 0 Å². The highest BCUT2D eigenvalue weighted by Crippen LogP contribution is 2.35. The molecule has 0 unspecified atom stereocenters. The number of carbonyl (C=O) groups excluding carboxylic acids is 1. The predicted molar refractivity (Wildman–Crippen MR) is 157 cm³/mol. The molecule has 0 saturated carbocycles. The van der Waals surface area contributed by atoms with E-state index < -0.39 is 0 Å². The first-order valence-electron chi connectivity index (χ1n) is 13.6. The molecule has 3 aromatic carbocycles. The van der Waals surface area contributed by atoms with Crippen LogP contribution in [0.4, 0.5) is 5.69 Å². The summed E-state index contributed by atoms with van der Waals surface area (Å²) in [4.78, 5) is 21.7. The van der Waals surface area contributed by atoms with Gasteiger partial charge in [-0.3, -0.25) is 4.79 Å². The highest BCUT2D eigenvalue weighted by molar-refractivity contribution is 6.08. The second-order valence-electron chi connectivity index (χ2n) is 10.0. The Labute approximate surface area is 235 Å². The smallest absolute Gasteiger partial charge is 0.258 e. The van der Waals surface area contributed by atoms with Gasteiger partial charge in [0.05, 0.1) is 28.4 Å². The zero-order valence-electron chi connectivity index (χ0n) is 23.6. The molecule has 0 spiro atoms. The molecule has 2 heterocycles. The van der Waals surface area contributed by atoms with Crippen LogP contribution in [0.2, 0.25) is 0 Å². The van der Waals surface area contributed by atoms with Crippen LogP contribution in [0.1, 0.15) is 28.8 Å². The van der Waals surface area contributed by atoms with E-state index in [1.807, 2.05) is 65.7 Å². The number of rotatable bonds is 10. The van der Waals surface area contributed by atoms with Crippen LogP contribution in [0, 0.1) is 0 Å². The number of nitrogens with zero attached hydrogens (tertiary/aromatic N) is 2. The van der Waals surface area contributed by atoms with Crippen molar-refractivity contribution in [3.05, 3.63) is 78.0 Å². The number of ether oxygens (including phenoxy) is 4. The number of hydrogen-bond acceptors (Lipinski definition) is 6. The number of fused-ring (bicyclic) bond motifs is 1. The second-order valence-corrected chi connectivity index (χ2v) is 10.0. The molecule has 0 aliphatic carbocycles. The lowest BCUT2D eigenvalue weighted by Crippen LogP contribution is -2.48. The number of aromatic amines is 1. The van der Waals surface area contributed by atoms with Crippen molar-refractivity contribution < 1.29 is 23.7 Å². The van der Waals surface area contributed by atoms with Gasteiger partial charge in [-0.25, -0.2) is 0 Å². The molecule has 1 aliphatic rings. The molecule has 40 heavy (non-hydrogen) atoms. The number of likely N-dealkylation sites (tertiary alicyclic amines) is 1. The van der Waals surface area contributed by atoms with Gasteiger partial charge >= 0.3 is 0 Å². The minimum atomic E-state index is -0.0147. The molecule has 1 fully saturated rings. The van der Waals surface area contributed by atoms with E-state index in [9.17, 15) is 4.79 Å². The third kappa shape index (κ3) is 5.72. The summed E-state index contributed by atoms with van der Waals surface area (Å²) in [5, 5.41) is 1.02. The average molecular weight is 544 g/mol. The number of anilines is 1. The summed E-state index contributed by atoms with van der Waals surface area (Å²) >= 11 is 0. The topological polar surface area (TPSA) is 76.3 Å². The van der Waals surface area contributed by atoms with Crippen LogP contribution in [-0.4, -0.2) is 69.9 Å². The van der Waals surface area contributed by atoms with Crippen molar-refractivity contribution in [3.63, 3.8) is 0 Å². The normalized spacial score (nSPS) is 14.2. The first-order chi connectivity index (χ1) is 19.5. The van der Waals surface area contributed by atoms with Crippen LogP contribution in [0.25, 0.3) is 10.9 Å². The zero-order valence-corrected chi connectivity index (χ0v) is 23.6. The van der Waals surface area contributed by atoms with Crippen LogP contribution in [0.5, 0.6) is 23.0 Å². The van der Waals surface area contributed by atoms with Gasteiger partial charge in [-0.05, 0) is 73.4 Å². The first-order valence-corrected chi connectivity index (χ1v) is 13.6. The minimum Gasteiger partial charge on any atom is -0.493 e. The lowest BCUT2D eigenvalue weighted by Gasteiger charge is -2.39. The zero-order chi connectivity index (χ0) is 28.1. The van der Waals surface area contributed by atoms with Crippen molar-refractivity contribution in [3.8, 4) is 23.0 Å². The molecule has 210 valence electrons. The van der Waals surface area contributed by atoms with E-state index in [4.69, 9.17) is 18.9 Å². The van der Waals surface area contributed by atoms with Crippen LogP contribution in [0.3, 0.4) is 0 Å². The number of carbonyl (C=O) groups is 1. The molecule has 8 nitrogen and oxygen atoms in total. The molecule has 1 N–H and O–H groups in total. The highest BCUT2D eigenvalue weighted by atomic mass is 16.5. The molecule has 1 aromatic heterocycles. The fourth-order valence-corrected chi connectivity index (χ4v) is 5.52. The quantitative estimate of drug-likeness (QED) is 0.282. The Morgan fingerprint density at radius 1 is 0.825 bits per heavy atom. The minimum absolute atomic E-state index is 0.0147. The summed E-state index contributed by atoms with van der Waals surface area (Å²) in [6.07, 6.45) is 4.56. The summed E-state index contributed by atoms with van der Waals surface area (Å²) in [5.41, 5.74) is 3.69. The number of benzene rings is 3. The van der Waals surface area contributed by atoms with Gasteiger partial charge in [0.25, 0.3) is 5.91 Å². The molecule has 4 aromatic rings. The van der Waals surface area contributed by atoms with E-state index >= 15 is 0 Å². The molecule has 8 heteroatoms. The van der Waals surface area contributed by atoms with E-state index in [0.29, 0.717) is 17.1 Å². The number of methoxy groups -OCH3 is 4. The van der Waals surface area contributed by atoms with Crippen LogP contribution >= 0.6 is 0 Å². The number of amides is 1. The van der Waals surface area contributed by atoms with Gasteiger partial charge in [0, 0.05) is 60.1 Å². The van der Waals surface area contributed by atoms with Gasteiger partial charge in [-0.15, -0.1) is 0 Å². The van der Waals surface area contributed by atoms with Crippen molar-refractivity contribution >= 4 is 22.5 Å². The van der Waals surface area contributed by atoms with Gasteiger partial charge in [-0.1, -0.05) is 6.07 Å². The Bertz CT molecular complexity index is 1460. The highest BCUT2D eigenvalue weighted by Gasteiger charge is 2.30. The standard InChI is InChI=1S/C32H37N3O5/c1-37-28-9-5-22(19-30(28)39-3)12-16-34-17-13-25(14-18-34)35(26-7-10-29(38-2)31(21-26)40-4)32(36)24-6-8-27-23(20-24)11-15-33-27/h5-11,15,19-21,25,33H,12-14,16-18H2,1-4H3. The molecule has 0 atom stereocenters. The lowest BCUT2D eigenvalue weighted by atomic mass is 9.99. The number of piperidine rings is 1. The van der Waals surface area contributed by atoms with Crippen molar-refractivity contribution in [1.82, 2.24) is 9.88 Å². The number of nitrogens with one attached hydrogen (secondary N) is 1. The largest absolute Gasteiger partial charge is 0.493 e. The Hall–Kier alpha value is -4.17. The van der Waals surface area contributed by atoms with Crippen LogP contribution in [0.15, 0.2) is 66.9 Å². The maximum Gasteiger partial charge on any atom is 0.258 e. The SMILES string of the molecule is COc1ccc(CCN2CCC(N(C(=O)c3ccc4[nH]ccc4c3)c3ccc(OC)c(OC)c3)CC2)cc1OC. The summed E-state index contributed by atoms with van der Waals surface area (Å²) in [6.45, 7) is 2.76. The molecule has 5 rings (SSSR count). The van der Waals surface area contributed by atoms with Crippen LogP contribution < -0.4 is 23.8 Å². The van der Waals surface area contributed by atoms with Crippen molar-refractivity contribution in [2.75, 3.05) is 53.0 Å². The van der Waals surface area contributed by atoms with E-state index in [2.05, 4.69) is 16.0 Å². The van der Waals surface area contributed by atoms with Gasteiger partial charge in [0.2, 0.25) is 0 Å². The summed E-state index contributed by atoms with van der Waals surface area (Å²) < 4.78 is 21.9. The van der Waals surface area contributed by atoms with Gasteiger partial charge in [-0.2, -0.15) is 0 Å². The molecular weight excluding hydrogens is 506 g/mol. The van der Waals surface area contributed by atoms with E-state index in [1.165, 1.54) is 5.56 Å². The Morgan fingerprint density at radius 3 is 2.20 bits per heavy atom. The van der Waals surface area contributed by atoms with E-state index in [-0.39, 0.29) is 11.9 Å². The number of hydrogen-bond donors (Lipinski definition) is 1.